The number of hydrogen-bond acceptors (Lipinski definition) is 6. The number of carbonyl (C=O) groups excluding carboxylic acids is 1. The largest absolute Gasteiger partial charge is 0.491 e. The van der Waals surface area contributed by atoms with Crippen molar-refractivity contribution in [3.05, 3.63) is 28.8 Å². The summed E-state index contributed by atoms with van der Waals surface area (Å²) >= 11 is 0. The predicted molar refractivity (Wildman–Crippen MR) is 117 cm³/mol. The number of likely N-dealkylation sites (tertiary alicyclic amines) is 1. The highest BCUT2D eigenvalue weighted by Gasteiger charge is 2.25. The highest BCUT2D eigenvalue weighted by Crippen LogP contribution is 2.32. The Labute approximate surface area is 181 Å². The maximum atomic E-state index is 12.0. The van der Waals surface area contributed by atoms with Crippen LogP contribution in [0.5, 0.6) is 5.75 Å². The van der Waals surface area contributed by atoms with Gasteiger partial charge >= 0.3 is 0 Å². The summed E-state index contributed by atoms with van der Waals surface area (Å²) in [6, 6.07) is 4.79. The number of piperidine rings is 1. The van der Waals surface area contributed by atoms with Crippen LogP contribution in [-0.2, 0) is 19.0 Å². The summed E-state index contributed by atoms with van der Waals surface area (Å²) in [7, 11) is 3.30. The van der Waals surface area contributed by atoms with E-state index >= 15 is 0 Å². The van der Waals surface area contributed by atoms with Gasteiger partial charge in [0.2, 0.25) is 5.91 Å². The fourth-order valence-corrected chi connectivity index (χ4v) is 3.86. The van der Waals surface area contributed by atoms with E-state index in [-0.39, 0.29) is 18.6 Å². The number of nitrogens with one attached hydrogen (secondary N) is 1. The Morgan fingerprint density at radius 2 is 1.73 bits per heavy atom. The molecule has 30 heavy (non-hydrogen) atoms. The molecule has 0 bridgehead atoms. The Balaban J connectivity index is 1.84. The number of ether oxygens (including phenoxy) is 4. The van der Waals surface area contributed by atoms with E-state index in [4.69, 9.17) is 18.9 Å². The lowest BCUT2D eigenvalue weighted by atomic mass is 9.94. The minimum atomic E-state index is -0.0480. The molecule has 1 amide bonds. The van der Waals surface area contributed by atoms with E-state index in [0.717, 1.165) is 31.7 Å². The summed E-state index contributed by atoms with van der Waals surface area (Å²) in [5.74, 6) is 0.878. The van der Waals surface area contributed by atoms with E-state index < -0.39 is 0 Å². The van der Waals surface area contributed by atoms with Crippen LogP contribution in [0.15, 0.2) is 12.1 Å². The molecule has 1 heterocycles. The van der Waals surface area contributed by atoms with E-state index in [1.54, 1.807) is 14.2 Å². The highest BCUT2D eigenvalue weighted by molar-refractivity contribution is 5.77. The molecule has 1 unspecified atom stereocenters. The molecular weight excluding hydrogens is 384 g/mol. The van der Waals surface area contributed by atoms with Gasteiger partial charge in [-0.2, -0.15) is 0 Å². The second-order valence-electron chi connectivity index (χ2n) is 7.84. The maximum absolute atomic E-state index is 12.0. The van der Waals surface area contributed by atoms with E-state index in [2.05, 4.69) is 43.1 Å². The van der Waals surface area contributed by atoms with Crippen molar-refractivity contribution >= 4 is 5.91 Å². The zero-order valence-electron chi connectivity index (χ0n) is 19.2. The molecule has 170 valence electrons. The average Bonchev–Trinajstić information content (AvgIpc) is 2.74. The number of carbonyl (C=O) groups is 1. The molecule has 0 radical (unpaired) electrons. The van der Waals surface area contributed by atoms with Gasteiger partial charge in [0.05, 0.1) is 19.8 Å². The first kappa shape index (κ1) is 24.6. The van der Waals surface area contributed by atoms with Gasteiger partial charge in [-0.15, -0.1) is 0 Å². The van der Waals surface area contributed by atoms with Gasteiger partial charge in [0.15, 0.2) is 0 Å². The van der Waals surface area contributed by atoms with Gasteiger partial charge in [-0.3, -0.25) is 9.69 Å². The summed E-state index contributed by atoms with van der Waals surface area (Å²) in [4.78, 5) is 14.5. The highest BCUT2D eigenvalue weighted by atomic mass is 16.5. The first-order chi connectivity index (χ1) is 14.5. The standard InChI is InChI=1S/C23H38N2O5/c1-17-18(2)22(30-15-13-28-5)7-6-21(17)19(3)25-10-8-20(9-11-25)24-23(26)16-29-14-12-27-4/h6-7,19-20H,8-16H2,1-5H3,(H,24,26). The molecule has 1 fully saturated rings. The molecule has 1 N–H and O–H groups in total. The Bertz CT molecular complexity index is 659. The van der Waals surface area contributed by atoms with Crippen molar-refractivity contribution in [2.24, 2.45) is 0 Å². The molecular formula is C23H38N2O5. The topological polar surface area (TPSA) is 69.3 Å². The van der Waals surface area contributed by atoms with Crippen molar-refractivity contribution in [2.75, 3.05) is 60.3 Å². The zero-order valence-corrected chi connectivity index (χ0v) is 19.2. The summed E-state index contributed by atoms with van der Waals surface area (Å²) < 4.78 is 21.1. The third kappa shape index (κ3) is 7.23. The van der Waals surface area contributed by atoms with Gasteiger partial charge in [0, 0.05) is 39.4 Å². The van der Waals surface area contributed by atoms with Crippen LogP contribution in [0.25, 0.3) is 0 Å². The van der Waals surface area contributed by atoms with Crippen LogP contribution < -0.4 is 10.1 Å². The van der Waals surface area contributed by atoms with Crippen molar-refractivity contribution in [1.29, 1.82) is 0 Å². The number of rotatable bonds is 12. The Kier molecular flexibility index (Phi) is 10.6. The number of amides is 1. The van der Waals surface area contributed by atoms with Gasteiger partial charge in [0.1, 0.15) is 19.0 Å². The summed E-state index contributed by atoms with van der Waals surface area (Å²) in [5.41, 5.74) is 3.80. The van der Waals surface area contributed by atoms with Crippen molar-refractivity contribution in [2.45, 2.75) is 45.7 Å². The second-order valence-corrected chi connectivity index (χ2v) is 7.84. The smallest absolute Gasteiger partial charge is 0.246 e. The van der Waals surface area contributed by atoms with Crippen LogP contribution in [0, 0.1) is 13.8 Å². The number of benzene rings is 1. The van der Waals surface area contributed by atoms with Crippen molar-refractivity contribution in [3.8, 4) is 5.75 Å². The Morgan fingerprint density at radius 1 is 1.07 bits per heavy atom. The Hall–Kier alpha value is -1.67. The molecule has 2 rings (SSSR count). The molecule has 7 nitrogen and oxygen atoms in total. The summed E-state index contributed by atoms with van der Waals surface area (Å²) in [6.07, 6.45) is 1.90. The quantitative estimate of drug-likeness (QED) is 0.522. The second kappa shape index (κ2) is 12.9. The van der Waals surface area contributed by atoms with E-state index in [9.17, 15) is 4.79 Å². The van der Waals surface area contributed by atoms with Crippen LogP contribution in [-0.4, -0.2) is 77.2 Å². The first-order valence-corrected chi connectivity index (χ1v) is 10.8. The molecule has 1 aromatic rings. The van der Waals surface area contributed by atoms with Crippen molar-refractivity contribution in [3.63, 3.8) is 0 Å². The Morgan fingerprint density at radius 3 is 2.40 bits per heavy atom. The third-order valence-corrected chi connectivity index (χ3v) is 5.88. The van der Waals surface area contributed by atoms with Gasteiger partial charge in [-0.25, -0.2) is 0 Å². The minimum absolute atomic E-state index is 0.0480. The molecule has 0 saturated carbocycles. The van der Waals surface area contributed by atoms with Gasteiger partial charge in [-0.05, 0) is 56.4 Å². The van der Waals surface area contributed by atoms with E-state index in [1.165, 1.54) is 16.7 Å². The minimum Gasteiger partial charge on any atom is -0.491 e. The molecule has 0 spiro atoms. The molecule has 0 aliphatic carbocycles. The summed E-state index contributed by atoms with van der Waals surface area (Å²) in [5, 5.41) is 3.09. The van der Waals surface area contributed by atoms with Gasteiger partial charge in [-0.1, -0.05) is 6.07 Å². The summed E-state index contributed by atoms with van der Waals surface area (Å²) in [6.45, 7) is 10.6. The van der Waals surface area contributed by atoms with Crippen LogP contribution in [0.4, 0.5) is 0 Å². The van der Waals surface area contributed by atoms with Crippen molar-refractivity contribution in [1.82, 2.24) is 10.2 Å². The molecule has 1 aromatic carbocycles. The fraction of sp³-hybridized carbons (Fsp3) is 0.696. The van der Waals surface area contributed by atoms with E-state index in [1.807, 2.05) is 0 Å². The number of methoxy groups -OCH3 is 2. The number of hydrogen-bond donors (Lipinski definition) is 1. The average molecular weight is 423 g/mol. The van der Waals surface area contributed by atoms with Crippen LogP contribution in [0.3, 0.4) is 0 Å². The lowest BCUT2D eigenvalue weighted by Crippen LogP contribution is -2.46. The van der Waals surface area contributed by atoms with Crippen molar-refractivity contribution < 1.29 is 23.7 Å². The number of nitrogens with zero attached hydrogens (tertiary/aromatic N) is 1. The normalized spacial score (nSPS) is 16.4. The van der Waals surface area contributed by atoms with Crippen LogP contribution in [0.2, 0.25) is 0 Å². The lowest BCUT2D eigenvalue weighted by molar-refractivity contribution is -0.127. The van der Waals surface area contributed by atoms with Gasteiger partial charge in [0.25, 0.3) is 0 Å². The fourth-order valence-electron chi connectivity index (χ4n) is 3.86. The monoisotopic (exact) mass is 422 g/mol. The first-order valence-electron chi connectivity index (χ1n) is 10.8. The van der Waals surface area contributed by atoms with Crippen LogP contribution in [0.1, 0.15) is 42.5 Å². The molecule has 7 heteroatoms. The lowest BCUT2D eigenvalue weighted by Gasteiger charge is -2.37. The zero-order chi connectivity index (χ0) is 21.9. The SMILES string of the molecule is COCCOCC(=O)NC1CCN(C(C)c2ccc(OCCOC)c(C)c2C)CC1. The maximum Gasteiger partial charge on any atom is 0.246 e. The van der Waals surface area contributed by atoms with Crippen LogP contribution >= 0.6 is 0 Å². The molecule has 1 atom stereocenters. The molecule has 1 aliphatic rings. The third-order valence-electron chi connectivity index (χ3n) is 5.88. The van der Waals surface area contributed by atoms with Gasteiger partial charge < -0.3 is 24.3 Å². The molecule has 1 aliphatic heterocycles. The predicted octanol–water partition coefficient (Wildman–Crippen LogP) is 2.63. The van der Waals surface area contributed by atoms with E-state index in [0.29, 0.717) is 32.5 Å². The molecule has 1 saturated heterocycles. The molecule has 0 aromatic heterocycles.